The third kappa shape index (κ3) is 4.27. The Morgan fingerprint density at radius 3 is 2.69 bits per heavy atom. The minimum absolute atomic E-state index is 0.0454. The van der Waals surface area contributed by atoms with Crippen molar-refractivity contribution >= 4 is 22.5 Å². The van der Waals surface area contributed by atoms with Gasteiger partial charge in [-0.15, -0.1) is 0 Å². The van der Waals surface area contributed by atoms with Gasteiger partial charge in [0.2, 0.25) is 5.91 Å². The molecule has 1 aliphatic carbocycles. The maximum absolute atomic E-state index is 12.9. The van der Waals surface area contributed by atoms with Gasteiger partial charge < -0.3 is 19.9 Å². The highest BCUT2D eigenvalue weighted by atomic mass is 16.5. The second-order valence-corrected chi connectivity index (χ2v) is 9.10. The van der Waals surface area contributed by atoms with Gasteiger partial charge in [-0.2, -0.15) is 0 Å². The first kappa shape index (κ1) is 21.1. The van der Waals surface area contributed by atoms with Gasteiger partial charge in [-0.25, -0.2) is 9.97 Å². The van der Waals surface area contributed by atoms with Crippen molar-refractivity contribution < 1.29 is 9.53 Å². The topological polar surface area (TPSA) is 81.1 Å². The summed E-state index contributed by atoms with van der Waals surface area (Å²) in [6.07, 6.45) is 7.93. The number of pyridine rings is 1. The largest absolute Gasteiger partial charge is 0.375 e. The number of hydrogen-bond donors (Lipinski definition) is 2. The Morgan fingerprint density at radius 1 is 1.12 bits per heavy atom. The van der Waals surface area contributed by atoms with Crippen LogP contribution in [0.15, 0.2) is 36.7 Å². The zero-order valence-corrected chi connectivity index (χ0v) is 18.8. The molecule has 7 heteroatoms. The SMILES string of the molecule is Cc1ncc(-c2ccc3cnc(NC(=O)[C@H]4CC[C@H](C5CNCCO5)CC4)cc3c2)n1C. The van der Waals surface area contributed by atoms with Crippen molar-refractivity contribution in [2.24, 2.45) is 18.9 Å². The van der Waals surface area contributed by atoms with Crippen LogP contribution in [-0.2, 0) is 16.6 Å². The fraction of sp³-hybridized carbons (Fsp3) is 0.480. The highest BCUT2D eigenvalue weighted by molar-refractivity contribution is 5.95. The van der Waals surface area contributed by atoms with Crippen molar-refractivity contribution in [2.75, 3.05) is 25.0 Å². The molecule has 0 radical (unpaired) electrons. The Hall–Kier alpha value is -2.77. The van der Waals surface area contributed by atoms with E-state index in [2.05, 4.69) is 43.4 Å². The Balaban J connectivity index is 1.25. The molecule has 1 unspecified atom stereocenters. The van der Waals surface area contributed by atoms with E-state index in [4.69, 9.17) is 4.74 Å². The van der Waals surface area contributed by atoms with Gasteiger partial charge in [-0.3, -0.25) is 4.79 Å². The number of rotatable bonds is 4. The monoisotopic (exact) mass is 433 g/mol. The standard InChI is InChI=1S/C25H31N5O2/c1-16-27-14-22(30(16)2)19-7-8-20-13-28-24(12-21(20)11-19)29-25(31)18-5-3-17(4-6-18)23-15-26-9-10-32-23/h7-8,11-14,17-18,23,26H,3-6,9-10,15H2,1-2H3,(H,28,29,31)/t17-,18-,23?. The minimum atomic E-state index is 0.0454. The van der Waals surface area contributed by atoms with Gasteiger partial charge in [0.1, 0.15) is 11.6 Å². The van der Waals surface area contributed by atoms with Crippen molar-refractivity contribution in [3.05, 3.63) is 42.5 Å². The molecule has 3 heterocycles. The summed E-state index contributed by atoms with van der Waals surface area (Å²) in [4.78, 5) is 21.8. The normalized spacial score (nSPS) is 23.9. The van der Waals surface area contributed by atoms with Gasteiger partial charge in [-0.05, 0) is 56.0 Å². The fourth-order valence-corrected chi connectivity index (χ4v) is 5.01. The van der Waals surface area contributed by atoms with Crippen LogP contribution in [0.25, 0.3) is 22.0 Å². The lowest BCUT2D eigenvalue weighted by atomic mass is 9.78. The second-order valence-electron chi connectivity index (χ2n) is 9.10. The first-order valence-corrected chi connectivity index (χ1v) is 11.6. The summed E-state index contributed by atoms with van der Waals surface area (Å²) < 4.78 is 8.00. The molecule has 0 bridgehead atoms. The van der Waals surface area contributed by atoms with Crippen LogP contribution >= 0.6 is 0 Å². The van der Waals surface area contributed by atoms with Gasteiger partial charge in [0, 0.05) is 43.2 Å². The van der Waals surface area contributed by atoms with Crippen LogP contribution in [0, 0.1) is 18.8 Å². The molecule has 2 N–H and O–H groups in total. The Labute approximate surface area is 188 Å². The van der Waals surface area contributed by atoms with Crippen LogP contribution in [0.3, 0.4) is 0 Å². The smallest absolute Gasteiger partial charge is 0.228 e. The number of anilines is 1. The van der Waals surface area contributed by atoms with Gasteiger partial charge in [0.15, 0.2) is 0 Å². The van der Waals surface area contributed by atoms with Crippen LogP contribution < -0.4 is 10.6 Å². The highest BCUT2D eigenvalue weighted by Gasteiger charge is 2.32. The molecular weight excluding hydrogens is 402 g/mol. The predicted molar refractivity (Wildman–Crippen MR) is 125 cm³/mol. The van der Waals surface area contributed by atoms with E-state index in [1.807, 2.05) is 32.4 Å². The molecule has 1 saturated carbocycles. The summed E-state index contributed by atoms with van der Waals surface area (Å²) in [5, 5.41) is 8.58. The lowest BCUT2D eigenvalue weighted by Gasteiger charge is -2.35. The van der Waals surface area contributed by atoms with Gasteiger partial charge in [-0.1, -0.05) is 12.1 Å². The van der Waals surface area contributed by atoms with Crippen LogP contribution in [-0.4, -0.2) is 46.2 Å². The molecule has 1 aliphatic heterocycles. The van der Waals surface area contributed by atoms with Crippen molar-refractivity contribution in [2.45, 2.75) is 38.7 Å². The number of benzene rings is 1. The molecule has 32 heavy (non-hydrogen) atoms. The van der Waals surface area contributed by atoms with Gasteiger partial charge in [0.25, 0.3) is 0 Å². The zero-order chi connectivity index (χ0) is 22.1. The zero-order valence-electron chi connectivity index (χ0n) is 18.8. The Bertz CT molecular complexity index is 1110. The van der Waals surface area contributed by atoms with E-state index in [9.17, 15) is 4.79 Å². The van der Waals surface area contributed by atoms with E-state index in [0.29, 0.717) is 17.8 Å². The first-order chi connectivity index (χ1) is 15.6. The van der Waals surface area contributed by atoms with E-state index in [1.54, 1.807) is 0 Å². The Morgan fingerprint density at radius 2 is 1.97 bits per heavy atom. The lowest BCUT2D eigenvalue weighted by Crippen LogP contribution is -2.44. The molecule has 1 atom stereocenters. The molecule has 1 aromatic carbocycles. The van der Waals surface area contributed by atoms with Crippen molar-refractivity contribution in [3.63, 3.8) is 0 Å². The van der Waals surface area contributed by atoms with Crippen molar-refractivity contribution in [3.8, 4) is 11.3 Å². The van der Waals surface area contributed by atoms with E-state index in [1.165, 1.54) is 0 Å². The van der Waals surface area contributed by atoms with Crippen molar-refractivity contribution in [1.82, 2.24) is 19.9 Å². The van der Waals surface area contributed by atoms with Crippen LogP contribution in [0.4, 0.5) is 5.82 Å². The number of imidazole rings is 1. The fourth-order valence-electron chi connectivity index (χ4n) is 5.01. The summed E-state index contributed by atoms with van der Waals surface area (Å²) >= 11 is 0. The number of carbonyl (C=O) groups is 1. The molecule has 1 amide bonds. The van der Waals surface area contributed by atoms with E-state index in [0.717, 1.165) is 73.2 Å². The number of ether oxygens (including phenoxy) is 1. The quantitative estimate of drug-likeness (QED) is 0.656. The molecule has 168 valence electrons. The summed E-state index contributed by atoms with van der Waals surface area (Å²) in [5.74, 6) is 2.27. The number of amides is 1. The summed E-state index contributed by atoms with van der Waals surface area (Å²) in [6.45, 7) is 4.66. The van der Waals surface area contributed by atoms with E-state index < -0.39 is 0 Å². The van der Waals surface area contributed by atoms with Crippen LogP contribution in [0.1, 0.15) is 31.5 Å². The number of carbonyl (C=O) groups excluding carboxylic acids is 1. The highest BCUT2D eigenvalue weighted by Crippen LogP contribution is 2.33. The average Bonchev–Trinajstić information content (AvgIpc) is 3.17. The Kier molecular flexibility index (Phi) is 5.93. The first-order valence-electron chi connectivity index (χ1n) is 11.6. The molecule has 2 fully saturated rings. The minimum Gasteiger partial charge on any atom is -0.375 e. The number of hydrogen-bond acceptors (Lipinski definition) is 5. The predicted octanol–water partition coefficient (Wildman–Crippen LogP) is 3.68. The molecule has 2 aromatic heterocycles. The molecule has 2 aliphatic rings. The number of nitrogens with zero attached hydrogens (tertiary/aromatic N) is 3. The van der Waals surface area contributed by atoms with Crippen LogP contribution in [0.5, 0.6) is 0 Å². The second kappa shape index (κ2) is 9.00. The van der Waals surface area contributed by atoms with E-state index in [-0.39, 0.29) is 11.8 Å². The van der Waals surface area contributed by atoms with Gasteiger partial charge in [0.05, 0.1) is 24.6 Å². The number of nitrogens with one attached hydrogen (secondary N) is 2. The lowest BCUT2D eigenvalue weighted by molar-refractivity contribution is -0.121. The molecule has 7 nitrogen and oxygen atoms in total. The molecule has 0 spiro atoms. The maximum atomic E-state index is 12.9. The molecule has 5 rings (SSSR count). The maximum Gasteiger partial charge on any atom is 0.228 e. The molecular formula is C25H31N5O2. The molecule has 1 saturated heterocycles. The van der Waals surface area contributed by atoms with Crippen molar-refractivity contribution in [1.29, 1.82) is 0 Å². The number of morpholine rings is 1. The summed E-state index contributed by atoms with van der Waals surface area (Å²) in [5.41, 5.74) is 2.17. The van der Waals surface area contributed by atoms with E-state index >= 15 is 0 Å². The number of fused-ring (bicyclic) bond motifs is 1. The summed E-state index contributed by atoms with van der Waals surface area (Å²) in [6, 6.07) is 8.25. The van der Waals surface area contributed by atoms with Gasteiger partial charge >= 0.3 is 0 Å². The third-order valence-corrected chi connectivity index (χ3v) is 7.11. The number of aryl methyl sites for hydroxylation is 1. The van der Waals surface area contributed by atoms with Crippen LogP contribution in [0.2, 0.25) is 0 Å². The number of aromatic nitrogens is 3. The summed E-state index contributed by atoms with van der Waals surface area (Å²) in [7, 11) is 2.02. The average molecular weight is 434 g/mol. The third-order valence-electron chi connectivity index (χ3n) is 7.11. The molecule has 3 aromatic rings.